The number of thioether (sulfide) groups is 1. The average molecular weight is 444 g/mol. The topological polar surface area (TPSA) is 89.8 Å². The standard InChI is InChI=1S/C21H25N5O4S/c1-3-8-26-20(18-13-29-16-6-4-5-7-17(16)30-18)22-23-21(26)31-14-19(28)25-11-9-24(10-12-25)15(2)27/h3-7,18H,1,8-14H2,2H3. The fourth-order valence-corrected chi connectivity index (χ4v) is 4.44. The average Bonchev–Trinajstić information content (AvgIpc) is 3.20. The normalized spacial score (nSPS) is 18.0. The van der Waals surface area contributed by atoms with Gasteiger partial charge >= 0.3 is 0 Å². The van der Waals surface area contributed by atoms with Gasteiger partial charge < -0.3 is 19.3 Å². The van der Waals surface area contributed by atoms with Crippen molar-refractivity contribution in [3.63, 3.8) is 0 Å². The summed E-state index contributed by atoms with van der Waals surface area (Å²) in [6.07, 6.45) is 1.37. The van der Waals surface area contributed by atoms with Gasteiger partial charge in [0.1, 0.15) is 6.61 Å². The summed E-state index contributed by atoms with van der Waals surface area (Å²) in [4.78, 5) is 27.6. The van der Waals surface area contributed by atoms with Crippen molar-refractivity contribution in [2.45, 2.75) is 24.7 Å². The fraction of sp³-hybridized carbons (Fsp3) is 0.429. The maximum Gasteiger partial charge on any atom is 0.233 e. The maximum atomic E-state index is 12.6. The van der Waals surface area contributed by atoms with Crippen molar-refractivity contribution in [3.05, 3.63) is 42.7 Å². The molecule has 0 aliphatic carbocycles. The number of hydrogen-bond donors (Lipinski definition) is 0. The number of para-hydroxylation sites is 2. The highest BCUT2D eigenvalue weighted by molar-refractivity contribution is 7.99. The molecule has 164 valence electrons. The highest BCUT2D eigenvalue weighted by atomic mass is 32.2. The quantitative estimate of drug-likeness (QED) is 0.496. The van der Waals surface area contributed by atoms with Crippen LogP contribution in [0.15, 0.2) is 42.1 Å². The summed E-state index contributed by atoms with van der Waals surface area (Å²) in [5, 5.41) is 9.24. The molecular formula is C21H25N5O4S. The lowest BCUT2D eigenvalue weighted by Gasteiger charge is -2.34. The van der Waals surface area contributed by atoms with E-state index in [9.17, 15) is 9.59 Å². The van der Waals surface area contributed by atoms with Gasteiger partial charge in [0.05, 0.1) is 5.75 Å². The van der Waals surface area contributed by atoms with Crippen LogP contribution in [-0.2, 0) is 16.1 Å². The molecule has 31 heavy (non-hydrogen) atoms. The number of aromatic nitrogens is 3. The van der Waals surface area contributed by atoms with E-state index in [4.69, 9.17) is 9.47 Å². The van der Waals surface area contributed by atoms with Crippen LogP contribution in [0.1, 0.15) is 18.9 Å². The molecule has 4 rings (SSSR count). The van der Waals surface area contributed by atoms with Crippen molar-refractivity contribution in [3.8, 4) is 11.5 Å². The van der Waals surface area contributed by atoms with Crippen LogP contribution in [0.4, 0.5) is 0 Å². The molecule has 2 amide bonds. The van der Waals surface area contributed by atoms with Crippen LogP contribution in [0, 0.1) is 0 Å². The summed E-state index contributed by atoms with van der Waals surface area (Å²) in [6.45, 7) is 8.45. The molecule has 1 fully saturated rings. The van der Waals surface area contributed by atoms with Crippen LogP contribution in [0.3, 0.4) is 0 Å². The van der Waals surface area contributed by atoms with Gasteiger partial charge in [0.15, 0.2) is 28.6 Å². The molecule has 10 heteroatoms. The Kier molecular flexibility index (Phi) is 6.45. The summed E-state index contributed by atoms with van der Waals surface area (Å²) in [6, 6.07) is 7.51. The van der Waals surface area contributed by atoms with Crippen molar-refractivity contribution in [1.82, 2.24) is 24.6 Å². The fourth-order valence-electron chi connectivity index (χ4n) is 3.58. The van der Waals surface area contributed by atoms with E-state index in [2.05, 4.69) is 16.8 Å². The van der Waals surface area contributed by atoms with Crippen LogP contribution >= 0.6 is 11.8 Å². The molecule has 1 atom stereocenters. The molecule has 2 aliphatic heterocycles. The number of carbonyl (C=O) groups excluding carboxylic acids is 2. The van der Waals surface area contributed by atoms with Crippen molar-refractivity contribution < 1.29 is 19.1 Å². The number of rotatable bonds is 6. The Balaban J connectivity index is 1.40. The highest BCUT2D eigenvalue weighted by Crippen LogP contribution is 2.36. The molecule has 2 aromatic rings. The third-order valence-electron chi connectivity index (χ3n) is 5.26. The van der Waals surface area contributed by atoms with Crippen LogP contribution < -0.4 is 9.47 Å². The van der Waals surface area contributed by atoms with Gasteiger partial charge in [-0.05, 0) is 12.1 Å². The first kappa shape index (κ1) is 21.2. The molecule has 1 saturated heterocycles. The van der Waals surface area contributed by atoms with Gasteiger partial charge in [-0.1, -0.05) is 30.0 Å². The van der Waals surface area contributed by atoms with E-state index in [0.29, 0.717) is 61.8 Å². The Labute approximate surface area is 185 Å². The van der Waals surface area contributed by atoms with Gasteiger partial charge in [0, 0.05) is 39.6 Å². The van der Waals surface area contributed by atoms with Crippen LogP contribution in [0.25, 0.3) is 0 Å². The number of allylic oxidation sites excluding steroid dienone is 1. The van der Waals surface area contributed by atoms with Crippen molar-refractivity contribution in [2.75, 3.05) is 38.5 Å². The van der Waals surface area contributed by atoms with Gasteiger partial charge in [-0.3, -0.25) is 14.2 Å². The van der Waals surface area contributed by atoms with Crippen molar-refractivity contribution in [1.29, 1.82) is 0 Å². The largest absolute Gasteiger partial charge is 0.485 e. The Morgan fingerprint density at radius 1 is 1.16 bits per heavy atom. The van der Waals surface area contributed by atoms with Crippen LogP contribution in [0.2, 0.25) is 0 Å². The smallest absolute Gasteiger partial charge is 0.233 e. The third kappa shape index (κ3) is 4.68. The molecule has 2 aliphatic rings. The molecular weight excluding hydrogens is 418 g/mol. The number of nitrogens with zero attached hydrogens (tertiary/aromatic N) is 5. The van der Waals surface area contributed by atoms with Gasteiger partial charge in [-0.15, -0.1) is 16.8 Å². The lowest BCUT2D eigenvalue weighted by atomic mass is 10.2. The minimum atomic E-state index is -0.396. The lowest BCUT2D eigenvalue weighted by Crippen LogP contribution is -2.50. The Morgan fingerprint density at radius 3 is 2.58 bits per heavy atom. The van der Waals surface area contributed by atoms with E-state index in [0.717, 1.165) is 0 Å². The Morgan fingerprint density at radius 2 is 1.87 bits per heavy atom. The summed E-state index contributed by atoms with van der Waals surface area (Å²) < 4.78 is 13.8. The van der Waals surface area contributed by atoms with Crippen molar-refractivity contribution >= 4 is 23.6 Å². The predicted octanol–water partition coefficient (Wildman–Crippen LogP) is 1.76. The van der Waals surface area contributed by atoms with E-state index in [1.54, 1.807) is 22.8 Å². The minimum Gasteiger partial charge on any atom is -0.485 e. The molecule has 0 N–H and O–H groups in total. The van der Waals surface area contributed by atoms with Crippen molar-refractivity contribution in [2.24, 2.45) is 0 Å². The summed E-state index contributed by atoms with van der Waals surface area (Å²) >= 11 is 1.34. The van der Waals surface area contributed by atoms with E-state index < -0.39 is 6.10 Å². The van der Waals surface area contributed by atoms with Crippen LogP contribution in [0.5, 0.6) is 11.5 Å². The number of hydrogen-bond acceptors (Lipinski definition) is 7. The van der Waals surface area contributed by atoms with Gasteiger partial charge in [0.25, 0.3) is 0 Å². The summed E-state index contributed by atoms with van der Waals surface area (Å²) in [5.74, 6) is 2.33. The number of carbonyl (C=O) groups is 2. The van der Waals surface area contributed by atoms with E-state index in [1.807, 2.05) is 28.8 Å². The zero-order valence-corrected chi connectivity index (χ0v) is 18.2. The highest BCUT2D eigenvalue weighted by Gasteiger charge is 2.29. The first-order valence-electron chi connectivity index (χ1n) is 10.2. The zero-order valence-electron chi connectivity index (χ0n) is 17.4. The monoisotopic (exact) mass is 443 g/mol. The number of fused-ring (bicyclic) bond motifs is 1. The molecule has 9 nitrogen and oxygen atoms in total. The Hall–Kier alpha value is -3.01. The Bertz CT molecular complexity index is 970. The zero-order chi connectivity index (χ0) is 21.8. The third-order valence-corrected chi connectivity index (χ3v) is 6.21. The number of ether oxygens (including phenoxy) is 2. The van der Waals surface area contributed by atoms with Gasteiger partial charge in [-0.25, -0.2) is 0 Å². The molecule has 0 radical (unpaired) electrons. The molecule has 1 aromatic heterocycles. The number of amides is 2. The van der Waals surface area contributed by atoms with E-state index in [-0.39, 0.29) is 17.6 Å². The second-order valence-corrected chi connectivity index (χ2v) is 8.22. The number of piperazine rings is 1. The lowest BCUT2D eigenvalue weighted by molar-refractivity contribution is -0.136. The molecule has 0 bridgehead atoms. The first-order valence-corrected chi connectivity index (χ1v) is 11.1. The predicted molar refractivity (Wildman–Crippen MR) is 115 cm³/mol. The molecule has 3 heterocycles. The summed E-state index contributed by atoms with van der Waals surface area (Å²) in [5.41, 5.74) is 0. The first-order chi connectivity index (χ1) is 15.1. The van der Waals surface area contributed by atoms with E-state index >= 15 is 0 Å². The second kappa shape index (κ2) is 9.42. The van der Waals surface area contributed by atoms with Crippen LogP contribution in [-0.4, -0.2) is 74.9 Å². The molecule has 1 aromatic carbocycles. The molecule has 0 saturated carbocycles. The maximum absolute atomic E-state index is 12.6. The molecule has 1 unspecified atom stereocenters. The second-order valence-electron chi connectivity index (χ2n) is 7.28. The summed E-state index contributed by atoms with van der Waals surface area (Å²) in [7, 11) is 0. The van der Waals surface area contributed by atoms with E-state index in [1.165, 1.54) is 11.8 Å². The number of benzene rings is 1. The van der Waals surface area contributed by atoms with Gasteiger partial charge in [0.2, 0.25) is 11.8 Å². The minimum absolute atomic E-state index is 0.0223. The SMILES string of the molecule is C=CCn1c(SCC(=O)N2CCN(C(C)=O)CC2)nnc1C1COc2ccccc2O1. The molecule has 0 spiro atoms. The van der Waals surface area contributed by atoms with Gasteiger partial charge in [-0.2, -0.15) is 0 Å².